The Morgan fingerprint density at radius 2 is 1.74 bits per heavy atom. The first-order valence-electron chi connectivity index (χ1n) is 15.2. The van der Waals surface area contributed by atoms with E-state index in [-0.39, 0.29) is 11.5 Å². The van der Waals surface area contributed by atoms with Gasteiger partial charge >= 0.3 is 0 Å². The maximum Gasteiger partial charge on any atom is 0.271 e. The molecule has 9 heteroatoms. The molecular weight excluding hydrogens is 618 g/mol. The van der Waals surface area contributed by atoms with Gasteiger partial charge in [0.15, 0.2) is 16.3 Å². The van der Waals surface area contributed by atoms with Crippen molar-refractivity contribution in [1.29, 1.82) is 0 Å². The standard InChI is InChI=1S/C37H34ClN3O4S/c1-5-40(6-2)36(43)33-23(3)39-37-41(34(33)26-15-17-28(38)18-16-26)35(42)32(46-37)21-24-14-19-30(31(20-24)44-4)45-22-27-12-9-11-25-10-7-8-13-29(25)27/h7-21,34H,5-6,22H2,1-4H3/b32-21+/t34-/m1/s1. The van der Waals surface area contributed by atoms with Crippen LogP contribution in [-0.4, -0.2) is 35.6 Å². The lowest BCUT2D eigenvalue weighted by Crippen LogP contribution is -2.43. The summed E-state index contributed by atoms with van der Waals surface area (Å²) < 4.78 is 14.0. The second kappa shape index (κ2) is 13.4. The summed E-state index contributed by atoms with van der Waals surface area (Å²) in [6, 6.07) is 26.6. The molecule has 234 valence electrons. The van der Waals surface area contributed by atoms with Gasteiger partial charge < -0.3 is 14.4 Å². The highest BCUT2D eigenvalue weighted by molar-refractivity contribution is 7.07. The lowest BCUT2D eigenvalue weighted by Gasteiger charge is -2.29. The van der Waals surface area contributed by atoms with E-state index < -0.39 is 6.04 Å². The van der Waals surface area contributed by atoms with Crippen molar-refractivity contribution in [2.75, 3.05) is 20.2 Å². The molecule has 4 aromatic carbocycles. The summed E-state index contributed by atoms with van der Waals surface area (Å²) in [7, 11) is 1.60. The molecule has 1 aromatic heterocycles. The van der Waals surface area contributed by atoms with Crippen LogP contribution >= 0.6 is 22.9 Å². The zero-order valence-corrected chi connectivity index (χ0v) is 27.7. The minimum atomic E-state index is -0.636. The Morgan fingerprint density at radius 1 is 1.00 bits per heavy atom. The van der Waals surface area contributed by atoms with Crippen LogP contribution in [0.3, 0.4) is 0 Å². The molecule has 6 rings (SSSR count). The molecule has 0 spiro atoms. The van der Waals surface area contributed by atoms with Crippen molar-refractivity contribution >= 4 is 45.7 Å². The van der Waals surface area contributed by atoms with Gasteiger partial charge in [0, 0.05) is 18.1 Å². The van der Waals surface area contributed by atoms with Gasteiger partial charge in [0.25, 0.3) is 11.5 Å². The quantitative estimate of drug-likeness (QED) is 0.183. The number of nitrogens with zero attached hydrogens (tertiary/aromatic N) is 3. The monoisotopic (exact) mass is 651 g/mol. The molecular formula is C37H34ClN3O4S. The molecule has 5 aromatic rings. The third-order valence-electron chi connectivity index (χ3n) is 8.24. The molecule has 0 fully saturated rings. The number of halogens is 1. The van der Waals surface area contributed by atoms with Crippen LogP contribution in [0.1, 0.15) is 43.5 Å². The molecule has 1 aliphatic rings. The molecule has 0 bridgehead atoms. The summed E-state index contributed by atoms with van der Waals surface area (Å²) >= 11 is 7.51. The smallest absolute Gasteiger partial charge is 0.271 e. The molecule has 1 atom stereocenters. The molecule has 1 amide bonds. The lowest BCUT2D eigenvalue weighted by molar-refractivity contribution is -0.127. The van der Waals surface area contributed by atoms with Crippen molar-refractivity contribution in [2.24, 2.45) is 4.99 Å². The van der Waals surface area contributed by atoms with E-state index in [0.717, 1.165) is 27.5 Å². The number of ether oxygens (including phenoxy) is 2. The van der Waals surface area contributed by atoms with Crippen molar-refractivity contribution in [3.05, 3.63) is 138 Å². The number of hydrogen-bond donors (Lipinski definition) is 0. The minimum Gasteiger partial charge on any atom is -0.493 e. The van der Waals surface area contributed by atoms with Gasteiger partial charge in [0.1, 0.15) is 6.61 Å². The van der Waals surface area contributed by atoms with Gasteiger partial charge in [-0.15, -0.1) is 0 Å². The number of carbonyl (C=O) groups excluding carboxylic acids is 1. The first-order valence-corrected chi connectivity index (χ1v) is 16.4. The van der Waals surface area contributed by atoms with Crippen LogP contribution in [0.4, 0.5) is 0 Å². The molecule has 1 aliphatic heterocycles. The molecule has 0 radical (unpaired) electrons. The Kier molecular flexibility index (Phi) is 9.10. The van der Waals surface area contributed by atoms with Crippen LogP contribution in [0.25, 0.3) is 16.8 Å². The number of aromatic nitrogens is 1. The maximum absolute atomic E-state index is 14.1. The predicted molar refractivity (Wildman–Crippen MR) is 184 cm³/mol. The Bertz CT molecular complexity index is 2140. The second-order valence-corrected chi connectivity index (χ2v) is 12.4. The molecule has 7 nitrogen and oxygen atoms in total. The van der Waals surface area contributed by atoms with E-state index in [4.69, 9.17) is 26.1 Å². The molecule has 0 saturated carbocycles. The van der Waals surface area contributed by atoms with Crippen molar-refractivity contribution in [3.63, 3.8) is 0 Å². The first-order chi connectivity index (χ1) is 22.3. The molecule has 0 N–H and O–H groups in total. The maximum atomic E-state index is 14.1. The summed E-state index contributed by atoms with van der Waals surface area (Å²) in [4.78, 5) is 34.9. The first kappa shape index (κ1) is 31.3. The van der Waals surface area contributed by atoms with Crippen molar-refractivity contribution in [3.8, 4) is 11.5 Å². The van der Waals surface area contributed by atoms with Gasteiger partial charge in [-0.1, -0.05) is 83.6 Å². The van der Waals surface area contributed by atoms with Gasteiger partial charge in [0.2, 0.25) is 0 Å². The number of methoxy groups -OCH3 is 1. The molecule has 0 aliphatic carbocycles. The number of amides is 1. The highest BCUT2D eigenvalue weighted by atomic mass is 35.5. The average Bonchev–Trinajstić information content (AvgIpc) is 3.37. The number of thiazole rings is 1. The van der Waals surface area contributed by atoms with Gasteiger partial charge in [-0.25, -0.2) is 4.99 Å². The SMILES string of the molecule is CCN(CC)C(=O)C1=C(C)N=c2s/c(=C/c3ccc(OCc4cccc5ccccc45)c(OC)c3)c(=O)n2[C@@H]1c1ccc(Cl)cc1. The molecule has 0 unspecified atom stereocenters. The summed E-state index contributed by atoms with van der Waals surface area (Å²) in [6.07, 6.45) is 1.82. The summed E-state index contributed by atoms with van der Waals surface area (Å²) in [6.45, 7) is 7.20. The largest absolute Gasteiger partial charge is 0.493 e. The fourth-order valence-corrected chi connectivity index (χ4v) is 7.03. The highest BCUT2D eigenvalue weighted by Gasteiger charge is 2.34. The van der Waals surface area contributed by atoms with Crippen molar-refractivity contribution in [1.82, 2.24) is 9.47 Å². The van der Waals surface area contributed by atoms with Crippen LogP contribution in [0.2, 0.25) is 5.02 Å². The van der Waals surface area contributed by atoms with Gasteiger partial charge in [-0.2, -0.15) is 0 Å². The van der Waals surface area contributed by atoms with E-state index in [0.29, 0.717) is 56.8 Å². The van der Waals surface area contributed by atoms with Crippen molar-refractivity contribution in [2.45, 2.75) is 33.4 Å². The lowest BCUT2D eigenvalue weighted by atomic mass is 9.94. The van der Waals surface area contributed by atoms with E-state index in [2.05, 4.69) is 24.3 Å². The van der Waals surface area contributed by atoms with Crippen LogP contribution in [0, 0.1) is 0 Å². The van der Waals surface area contributed by atoms with Gasteiger partial charge in [-0.05, 0) is 78.6 Å². The van der Waals surface area contributed by atoms with E-state index in [9.17, 15) is 9.59 Å². The Hall–Kier alpha value is -4.66. The van der Waals surface area contributed by atoms with E-state index in [1.165, 1.54) is 11.3 Å². The number of fused-ring (bicyclic) bond motifs is 2. The topological polar surface area (TPSA) is 73.1 Å². The number of hydrogen-bond acceptors (Lipinski definition) is 6. The number of likely N-dealkylation sites (N-methyl/N-ethyl adjacent to an activating group) is 1. The fourth-order valence-electron chi connectivity index (χ4n) is 5.86. The Labute approximate surface area is 276 Å². The normalized spacial score (nSPS) is 14.6. The van der Waals surface area contributed by atoms with E-state index >= 15 is 0 Å². The summed E-state index contributed by atoms with van der Waals surface area (Å²) in [5.74, 6) is 1.03. The average molecular weight is 652 g/mol. The predicted octanol–water partition coefficient (Wildman–Crippen LogP) is 6.50. The van der Waals surface area contributed by atoms with Crippen LogP contribution in [0.15, 0.2) is 106 Å². The summed E-state index contributed by atoms with van der Waals surface area (Å²) in [5.41, 5.74) is 3.50. The fraction of sp³-hybridized carbons (Fsp3) is 0.216. The van der Waals surface area contributed by atoms with Gasteiger partial charge in [-0.3, -0.25) is 14.2 Å². The molecule has 46 heavy (non-hydrogen) atoms. The highest BCUT2D eigenvalue weighted by Crippen LogP contribution is 2.33. The zero-order valence-electron chi connectivity index (χ0n) is 26.1. The van der Waals surface area contributed by atoms with Gasteiger partial charge in [0.05, 0.1) is 29.0 Å². The molecule has 0 saturated heterocycles. The third-order valence-corrected chi connectivity index (χ3v) is 9.47. The minimum absolute atomic E-state index is 0.135. The number of benzene rings is 4. The van der Waals surface area contributed by atoms with E-state index in [1.54, 1.807) is 28.7 Å². The van der Waals surface area contributed by atoms with Crippen LogP contribution in [-0.2, 0) is 11.4 Å². The Balaban J connectivity index is 1.37. The number of allylic oxidation sites excluding steroid dienone is 1. The summed E-state index contributed by atoms with van der Waals surface area (Å²) in [5, 5.41) is 2.88. The zero-order chi connectivity index (χ0) is 32.4. The molecule has 2 heterocycles. The number of rotatable bonds is 9. The van der Waals surface area contributed by atoms with Crippen LogP contribution < -0.4 is 24.4 Å². The second-order valence-electron chi connectivity index (χ2n) is 10.9. The third kappa shape index (κ3) is 5.98. The Morgan fingerprint density at radius 3 is 2.48 bits per heavy atom. The van der Waals surface area contributed by atoms with Crippen molar-refractivity contribution < 1.29 is 14.3 Å². The van der Waals surface area contributed by atoms with E-state index in [1.807, 2.05) is 75.4 Å². The van der Waals surface area contributed by atoms with Crippen LogP contribution in [0.5, 0.6) is 11.5 Å². The number of carbonyl (C=O) groups is 1.